The van der Waals surface area contributed by atoms with E-state index in [-0.39, 0.29) is 11.5 Å². The summed E-state index contributed by atoms with van der Waals surface area (Å²) in [5, 5.41) is 16.5. The lowest BCUT2D eigenvalue weighted by Crippen LogP contribution is -2.13. The third kappa shape index (κ3) is 4.48. The van der Waals surface area contributed by atoms with Gasteiger partial charge in [-0.25, -0.2) is 15.0 Å². The summed E-state index contributed by atoms with van der Waals surface area (Å²) in [7, 11) is 0. The van der Waals surface area contributed by atoms with Gasteiger partial charge in [-0.1, -0.05) is 42.1 Å². The van der Waals surface area contributed by atoms with Crippen LogP contribution in [0.2, 0.25) is 0 Å². The molecule has 0 saturated carbocycles. The second-order valence-electron chi connectivity index (χ2n) is 6.51. The van der Waals surface area contributed by atoms with Crippen molar-refractivity contribution >= 4 is 51.3 Å². The van der Waals surface area contributed by atoms with Gasteiger partial charge in [0.25, 0.3) is 0 Å². The Morgan fingerprint density at radius 2 is 1.90 bits per heavy atom. The minimum absolute atomic E-state index is 0.0972. The van der Waals surface area contributed by atoms with Crippen molar-refractivity contribution in [2.75, 3.05) is 11.1 Å². The van der Waals surface area contributed by atoms with Gasteiger partial charge in [0.05, 0.1) is 17.3 Å². The number of rotatable bonds is 7. The predicted octanol–water partition coefficient (Wildman–Crippen LogP) is 5.11. The number of carbonyl (C=O) groups excluding carboxylic acids is 1. The van der Waals surface area contributed by atoms with Crippen LogP contribution in [0, 0.1) is 18.3 Å². The summed E-state index contributed by atoms with van der Waals surface area (Å²) in [6.07, 6.45) is 0. The number of Topliss-reactive ketones (excluding diaryl/α,β-unsaturated/α-hetero) is 1. The first-order valence-corrected chi connectivity index (χ1v) is 11.1. The third-order valence-electron chi connectivity index (χ3n) is 4.30. The molecule has 6 nitrogen and oxygen atoms in total. The van der Waals surface area contributed by atoms with Crippen molar-refractivity contribution in [1.29, 1.82) is 5.26 Å². The van der Waals surface area contributed by atoms with Crippen molar-refractivity contribution in [3.8, 4) is 6.07 Å². The highest BCUT2D eigenvalue weighted by molar-refractivity contribution is 7.99. The van der Waals surface area contributed by atoms with Crippen LogP contribution in [0.4, 0.5) is 11.5 Å². The van der Waals surface area contributed by atoms with Gasteiger partial charge in [0, 0.05) is 22.1 Å². The van der Waals surface area contributed by atoms with Crippen LogP contribution in [0.5, 0.6) is 0 Å². The molecule has 0 aliphatic rings. The zero-order valence-corrected chi connectivity index (χ0v) is 17.7. The Morgan fingerprint density at radius 1 is 1.13 bits per heavy atom. The summed E-state index contributed by atoms with van der Waals surface area (Å²) in [6, 6.07) is 19.6. The number of aromatic nitrogens is 3. The molecule has 0 aliphatic heterocycles. The predicted molar refractivity (Wildman–Crippen MR) is 120 cm³/mol. The molecule has 0 fully saturated rings. The Balaban J connectivity index is 1.57. The van der Waals surface area contributed by atoms with E-state index in [1.54, 1.807) is 0 Å². The van der Waals surface area contributed by atoms with E-state index in [0.29, 0.717) is 16.0 Å². The van der Waals surface area contributed by atoms with Crippen LogP contribution in [0.3, 0.4) is 0 Å². The Morgan fingerprint density at radius 3 is 2.63 bits per heavy atom. The molecule has 8 heteroatoms. The lowest BCUT2D eigenvalue weighted by atomic mass is 10.1. The number of thioether (sulfide) groups is 1. The van der Waals surface area contributed by atoms with Crippen LogP contribution >= 0.6 is 23.1 Å². The average molecular weight is 432 g/mol. The van der Waals surface area contributed by atoms with E-state index in [1.807, 2.05) is 66.9 Å². The van der Waals surface area contributed by atoms with Gasteiger partial charge < -0.3 is 5.32 Å². The third-order valence-corrected chi connectivity index (χ3v) is 6.19. The molecule has 148 valence electrons. The van der Waals surface area contributed by atoms with E-state index in [0.717, 1.165) is 22.3 Å². The molecular formula is C22H17N5OS2. The molecule has 4 aromatic rings. The quantitative estimate of drug-likeness (QED) is 0.321. The van der Waals surface area contributed by atoms with Crippen LogP contribution in [0.1, 0.15) is 16.6 Å². The second kappa shape index (κ2) is 9.03. The molecule has 0 bridgehead atoms. The second-order valence-corrected chi connectivity index (χ2v) is 8.34. The minimum atomic E-state index is -0.862. The standard InChI is InChI=1S/C22H17N5OS2/c1-14-12-29-21(24-14)17(11-23)19(28)13-30-22-26-18-10-6-5-9-16(18)20(27-22)25-15-7-3-2-4-8-15/h2-10,12,17H,13H2,1H3,(H,25,26,27). The molecule has 2 aromatic heterocycles. The van der Waals surface area contributed by atoms with Crippen molar-refractivity contribution in [2.45, 2.75) is 18.0 Å². The highest BCUT2D eigenvalue weighted by Crippen LogP contribution is 2.28. The van der Waals surface area contributed by atoms with E-state index in [4.69, 9.17) is 0 Å². The van der Waals surface area contributed by atoms with Crippen LogP contribution in [0.15, 0.2) is 65.1 Å². The van der Waals surface area contributed by atoms with E-state index >= 15 is 0 Å². The fourth-order valence-corrected chi connectivity index (χ4v) is 4.48. The summed E-state index contributed by atoms with van der Waals surface area (Å²) in [4.78, 5) is 26.1. The molecule has 0 saturated heterocycles. The van der Waals surface area contributed by atoms with Crippen LogP contribution < -0.4 is 5.32 Å². The molecule has 0 aliphatic carbocycles. The van der Waals surface area contributed by atoms with Gasteiger partial charge in [-0.3, -0.25) is 4.79 Å². The smallest absolute Gasteiger partial charge is 0.190 e. The maximum absolute atomic E-state index is 12.6. The van der Waals surface area contributed by atoms with Crippen LogP contribution in [0.25, 0.3) is 10.9 Å². The highest BCUT2D eigenvalue weighted by atomic mass is 32.2. The summed E-state index contributed by atoms with van der Waals surface area (Å²) < 4.78 is 0. The molecule has 2 heterocycles. The van der Waals surface area contributed by atoms with E-state index < -0.39 is 5.92 Å². The zero-order valence-electron chi connectivity index (χ0n) is 16.1. The van der Waals surface area contributed by atoms with Gasteiger partial charge >= 0.3 is 0 Å². The van der Waals surface area contributed by atoms with Crippen molar-refractivity contribution in [3.05, 3.63) is 70.7 Å². The van der Waals surface area contributed by atoms with Gasteiger partial charge in [-0.05, 0) is 31.2 Å². The molecule has 1 N–H and O–H groups in total. The molecule has 1 atom stereocenters. The number of thiazole rings is 1. The number of para-hydroxylation sites is 2. The van der Waals surface area contributed by atoms with Gasteiger partial charge in [0.15, 0.2) is 16.9 Å². The highest BCUT2D eigenvalue weighted by Gasteiger charge is 2.23. The molecular weight excluding hydrogens is 414 g/mol. The number of ketones is 1. The normalized spacial score (nSPS) is 11.7. The first-order chi connectivity index (χ1) is 14.6. The average Bonchev–Trinajstić information content (AvgIpc) is 3.19. The minimum Gasteiger partial charge on any atom is -0.340 e. The Labute approximate surface area is 182 Å². The fraction of sp³-hybridized carbons (Fsp3) is 0.136. The molecule has 0 radical (unpaired) electrons. The number of nitriles is 1. The monoisotopic (exact) mass is 431 g/mol. The first-order valence-electron chi connectivity index (χ1n) is 9.20. The zero-order chi connectivity index (χ0) is 20.9. The summed E-state index contributed by atoms with van der Waals surface area (Å²) >= 11 is 2.56. The van der Waals surface area contributed by atoms with Crippen LogP contribution in [-0.2, 0) is 4.79 Å². The molecule has 2 aromatic carbocycles. The Kier molecular flexibility index (Phi) is 6.02. The number of nitrogens with one attached hydrogen (secondary N) is 1. The lowest BCUT2D eigenvalue weighted by molar-refractivity contribution is -0.116. The van der Waals surface area contributed by atoms with Gasteiger partial charge in [0.2, 0.25) is 0 Å². The van der Waals surface area contributed by atoms with Crippen molar-refractivity contribution in [1.82, 2.24) is 15.0 Å². The number of nitrogens with zero attached hydrogens (tertiary/aromatic N) is 4. The number of benzene rings is 2. The van der Waals surface area contributed by atoms with Gasteiger partial charge in [0.1, 0.15) is 10.8 Å². The largest absolute Gasteiger partial charge is 0.340 e. The summed E-state index contributed by atoms with van der Waals surface area (Å²) in [5.74, 6) is -0.293. The topological polar surface area (TPSA) is 91.6 Å². The number of fused-ring (bicyclic) bond motifs is 1. The SMILES string of the molecule is Cc1csc(C(C#N)C(=O)CSc2nc(Nc3ccccc3)c3ccccc3n2)n1. The van der Waals surface area contributed by atoms with Gasteiger partial charge in [-0.2, -0.15) is 5.26 Å². The molecule has 1 unspecified atom stereocenters. The molecule has 4 rings (SSSR count). The number of hydrogen-bond acceptors (Lipinski definition) is 8. The van der Waals surface area contributed by atoms with E-state index in [2.05, 4.69) is 26.3 Å². The van der Waals surface area contributed by atoms with Crippen molar-refractivity contribution in [2.24, 2.45) is 0 Å². The van der Waals surface area contributed by atoms with E-state index in [9.17, 15) is 10.1 Å². The fourth-order valence-electron chi connectivity index (χ4n) is 2.86. The number of anilines is 2. The lowest BCUT2D eigenvalue weighted by Gasteiger charge is -2.11. The summed E-state index contributed by atoms with van der Waals surface area (Å²) in [5.41, 5.74) is 2.51. The Hall–Kier alpha value is -3.28. The Bertz CT molecular complexity index is 1230. The number of hydrogen-bond donors (Lipinski definition) is 1. The number of aryl methyl sites for hydroxylation is 1. The van der Waals surface area contributed by atoms with Gasteiger partial charge in [-0.15, -0.1) is 11.3 Å². The molecule has 30 heavy (non-hydrogen) atoms. The molecule has 0 amide bonds. The van der Waals surface area contributed by atoms with Crippen molar-refractivity contribution in [3.63, 3.8) is 0 Å². The maximum Gasteiger partial charge on any atom is 0.190 e. The number of carbonyl (C=O) groups is 1. The maximum atomic E-state index is 12.6. The first kappa shape index (κ1) is 20.0. The van der Waals surface area contributed by atoms with Crippen LogP contribution in [-0.4, -0.2) is 26.5 Å². The molecule has 0 spiro atoms. The van der Waals surface area contributed by atoms with Crippen molar-refractivity contribution < 1.29 is 4.79 Å². The van der Waals surface area contributed by atoms with E-state index in [1.165, 1.54) is 23.1 Å². The summed E-state index contributed by atoms with van der Waals surface area (Å²) in [6.45, 7) is 1.85.